The van der Waals surface area contributed by atoms with Gasteiger partial charge < -0.3 is 30.3 Å². The quantitative estimate of drug-likeness (QED) is 0.0851. The first-order valence-electron chi connectivity index (χ1n) is 14.8. The third kappa shape index (κ3) is 10.8. The van der Waals surface area contributed by atoms with Crippen molar-refractivity contribution in [1.82, 2.24) is 0 Å². The lowest BCUT2D eigenvalue weighted by atomic mass is 9.97. The van der Waals surface area contributed by atoms with Crippen LogP contribution in [0.4, 0.5) is 11.4 Å². The highest BCUT2D eigenvalue weighted by Crippen LogP contribution is 2.51. The Kier molecular flexibility index (Phi) is 14.5. The van der Waals surface area contributed by atoms with Gasteiger partial charge in [-0.3, -0.25) is 9.59 Å². The molecule has 0 aliphatic heterocycles. The molecule has 0 saturated carbocycles. The fourth-order valence-electron chi connectivity index (χ4n) is 4.52. The van der Waals surface area contributed by atoms with Crippen LogP contribution in [0.15, 0.2) is 48.6 Å². The van der Waals surface area contributed by atoms with Crippen molar-refractivity contribution in [1.29, 1.82) is 0 Å². The van der Waals surface area contributed by atoms with Gasteiger partial charge in [-0.15, -0.1) is 0 Å². The number of rotatable bonds is 17. The number of allylic oxidation sites excluding steroid dienone is 4. The maximum absolute atomic E-state index is 12.9. The summed E-state index contributed by atoms with van der Waals surface area (Å²) in [5.41, 5.74) is 1.27. The van der Waals surface area contributed by atoms with Gasteiger partial charge in [-0.2, -0.15) is 0 Å². The van der Waals surface area contributed by atoms with Crippen LogP contribution in [0.1, 0.15) is 79.1 Å². The highest BCUT2D eigenvalue weighted by molar-refractivity contribution is 6.05. The molecule has 0 spiro atoms. The standard InChI is InChI=1S/C34H48N2O6/c1-23(2)15-11-7-9-13-17-29(39)35-25-19-21-27(37)33(41-5)31(25)32-26(20-22-28(38)34(32)42-6)36-30(40)18-14-10-8-12-16-24(3)4/h11-12,15-16,19-24,37-38H,7-10,13-14,17-18H2,1-6H3,(H,35,39)(H,36,40)/b15-11+,16-12+. The molecule has 0 aromatic heterocycles. The van der Waals surface area contributed by atoms with E-state index in [1.165, 1.54) is 26.4 Å². The van der Waals surface area contributed by atoms with Gasteiger partial charge in [-0.05, 0) is 74.6 Å². The molecule has 42 heavy (non-hydrogen) atoms. The molecule has 0 aliphatic rings. The van der Waals surface area contributed by atoms with Crippen LogP contribution in [0.3, 0.4) is 0 Å². The number of phenols is 2. The van der Waals surface area contributed by atoms with Crippen LogP contribution in [0, 0.1) is 11.8 Å². The molecule has 0 heterocycles. The number of carbonyl (C=O) groups excluding carboxylic acids is 2. The van der Waals surface area contributed by atoms with Crippen LogP contribution in [-0.4, -0.2) is 36.2 Å². The van der Waals surface area contributed by atoms with Crippen LogP contribution >= 0.6 is 0 Å². The van der Waals surface area contributed by atoms with Gasteiger partial charge >= 0.3 is 0 Å². The minimum Gasteiger partial charge on any atom is -0.504 e. The minimum absolute atomic E-state index is 0.0722. The van der Waals surface area contributed by atoms with E-state index in [1.54, 1.807) is 12.1 Å². The van der Waals surface area contributed by atoms with E-state index in [-0.39, 0.29) is 45.9 Å². The molecule has 8 nitrogen and oxygen atoms in total. The van der Waals surface area contributed by atoms with E-state index in [0.717, 1.165) is 25.7 Å². The summed E-state index contributed by atoms with van der Waals surface area (Å²) in [5.74, 6) is 0.403. The molecule has 0 fully saturated rings. The van der Waals surface area contributed by atoms with Crippen LogP contribution in [0.2, 0.25) is 0 Å². The first kappa shape index (κ1) is 34.3. The van der Waals surface area contributed by atoms with E-state index in [2.05, 4.69) is 62.6 Å². The molecule has 2 aromatic carbocycles. The number of methoxy groups -OCH3 is 2. The third-order valence-corrected chi connectivity index (χ3v) is 6.57. The zero-order valence-corrected chi connectivity index (χ0v) is 26.0. The van der Waals surface area contributed by atoms with Gasteiger partial charge in [0.15, 0.2) is 23.0 Å². The molecule has 8 heteroatoms. The van der Waals surface area contributed by atoms with Crippen molar-refractivity contribution in [2.24, 2.45) is 11.8 Å². The van der Waals surface area contributed by atoms with Gasteiger partial charge in [0.05, 0.1) is 36.7 Å². The SMILES string of the molecule is COc1c(O)ccc(NC(=O)CCCC/C=C/C(C)C)c1-c1c(NC(=O)CCCC/C=C/C(C)C)ccc(O)c1OC. The maximum Gasteiger partial charge on any atom is 0.224 e. The summed E-state index contributed by atoms with van der Waals surface area (Å²) in [4.78, 5) is 25.9. The average molecular weight is 581 g/mol. The second kappa shape index (κ2) is 17.8. The topological polar surface area (TPSA) is 117 Å². The number of amides is 2. The minimum atomic E-state index is -0.201. The highest BCUT2D eigenvalue weighted by atomic mass is 16.5. The molecule has 0 aliphatic carbocycles. The maximum atomic E-state index is 12.9. The fraction of sp³-hybridized carbons (Fsp3) is 0.471. The second-order valence-electron chi connectivity index (χ2n) is 11.0. The average Bonchev–Trinajstić information content (AvgIpc) is 2.93. The van der Waals surface area contributed by atoms with Crippen molar-refractivity contribution in [2.75, 3.05) is 24.9 Å². The molecule has 0 unspecified atom stereocenters. The third-order valence-electron chi connectivity index (χ3n) is 6.57. The Morgan fingerprint density at radius 3 is 1.40 bits per heavy atom. The zero-order chi connectivity index (χ0) is 31.1. The van der Waals surface area contributed by atoms with Gasteiger partial charge in [-0.1, -0.05) is 52.0 Å². The Morgan fingerprint density at radius 1 is 0.690 bits per heavy atom. The normalized spacial score (nSPS) is 11.5. The Labute approximate surface area is 250 Å². The first-order chi connectivity index (χ1) is 20.1. The van der Waals surface area contributed by atoms with Crippen molar-refractivity contribution >= 4 is 23.2 Å². The van der Waals surface area contributed by atoms with Crippen LogP contribution in [0.5, 0.6) is 23.0 Å². The van der Waals surface area contributed by atoms with Gasteiger partial charge in [-0.25, -0.2) is 0 Å². The van der Waals surface area contributed by atoms with Crippen LogP contribution in [0.25, 0.3) is 11.1 Å². The Balaban J connectivity index is 2.33. The summed E-state index contributed by atoms with van der Waals surface area (Å²) in [7, 11) is 2.80. The molecule has 2 aromatic rings. The van der Waals surface area contributed by atoms with Crippen molar-refractivity contribution in [3.63, 3.8) is 0 Å². The smallest absolute Gasteiger partial charge is 0.224 e. The number of carbonyl (C=O) groups is 2. The predicted molar refractivity (Wildman–Crippen MR) is 170 cm³/mol. The summed E-state index contributed by atoms with van der Waals surface area (Å²) >= 11 is 0. The number of aromatic hydroxyl groups is 2. The fourth-order valence-corrected chi connectivity index (χ4v) is 4.52. The van der Waals surface area contributed by atoms with Gasteiger partial charge in [0.2, 0.25) is 11.8 Å². The number of anilines is 2. The van der Waals surface area contributed by atoms with E-state index in [0.29, 0.717) is 48.9 Å². The number of benzene rings is 2. The summed E-state index contributed by atoms with van der Waals surface area (Å²) in [6.45, 7) is 8.50. The van der Waals surface area contributed by atoms with E-state index >= 15 is 0 Å². The van der Waals surface area contributed by atoms with Gasteiger partial charge in [0.25, 0.3) is 0 Å². The second-order valence-corrected chi connectivity index (χ2v) is 11.0. The monoisotopic (exact) mass is 580 g/mol. The lowest BCUT2D eigenvalue weighted by Gasteiger charge is -2.21. The van der Waals surface area contributed by atoms with Crippen LogP contribution in [-0.2, 0) is 9.59 Å². The molecule has 0 bridgehead atoms. The zero-order valence-electron chi connectivity index (χ0n) is 26.0. The predicted octanol–water partition coefficient (Wildman–Crippen LogP) is 8.20. The number of hydrogen-bond acceptors (Lipinski definition) is 6. The molecule has 4 N–H and O–H groups in total. The van der Waals surface area contributed by atoms with Gasteiger partial charge in [0.1, 0.15) is 0 Å². The summed E-state index contributed by atoms with van der Waals surface area (Å²) < 4.78 is 11.1. The molecule has 0 saturated heterocycles. The highest BCUT2D eigenvalue weighted by Gasteiger charge is 2.26. The number of ether oxygens (including phenoxy) is 2. The molecular weight excluding hydrogens is 532 g/mol. The van der Waals surface area contributed by atoms with Crippen molar-refractivity contribution in [3.05, 3.63) is 48.6 Å². The Hall–Kier alpha value is -3.94. The van der Waals surface area contributed by atoms with Gasteiger partial charge in [0, 0.05) is 12.8 Å². The lowest BCUT2D eigenvalue weighted by Crippen LogP contribution is -2.14. The summed E-state index contributed by atoms with van der Waals surface area (Å²) in [6, 6.07) is 5.98. The summed E-state index contributed by atoms with van der Waals surface area (Å²) in [5, 5.41) is 27.2. The molecule has 2 rings (SSSR count). The van der Waals surface area contributed by atoms with E-state index in [9.17, 15) is 19.8 Å². The summed E-state index contributed by atoms with van der Waals surface area (Å²) in [6.07, 6.45) is 14.2. The van der Waals surface area contributed by atoms with Crippen molar-refractivity contribution in [2.45, 2.75) is 79.1 Å². The van der Waals surface area contributed by atoms with Crippen molar-refractivity contribution in [3.8, 4) is 34.1 Å². The lowest BCUT2D eigenvalue weighted by molar-refractivity contribution is -0.117. The number of unbranched alkanes of at least 4 members (excludes halogenated alkanes) is 4. The van der Waals surface area contributed by atoms with E-state index in [4.69, 9.17) is 9.47 Å². The molecule has 2 amide bonds. The Bertz CT molecular complexity index is 1140. The number of nitrogens with one attached hydrogen (secondary N) is 2. The van der Waals surface area contributed by atoms with Crippen molar-refractivity contribution < 1.29 is 29.3 Å². The molecule has 0 radical (unpaired) electrons. The molecule has 230 valence electrons. The molecular formula is C34H48N2O6. The van der Waals surface area contributed by atoms with E-state index in [1.807, 2.05) is 0 Å². The van der Waals surface area contributed by atoms with E-state index < -0.39 is 0 Å². The van der Waals surface area contributed by atoms with Crippen LogP contribution < -0.4 is 20.1 Å². The molecule has 0 atom stereocenters. The first-order valence-corrected chi connectivity index (χ1v) is 14.8. The number of phenolic OH excluding ortho intramolecular Hbond substituents is 2. The number of hydrogen-bond donors (Lipinski definition) is 4. The Morgan fingerprint density at radius 2 is 1.07 bits per heavy atom. The largest absolute Gasteiger partial charge is 0.504 e.